The Labute approximate surface area is 173 Å². The van der Waals surface area contributed by atoms with Crippen LogP contribution in [0.2, 0.25) is 0 Å². The molecule has 2 aliphatic rings. The standard InChI is InChI=1S/C22H21N3O5/c1-13-6-8-14(9-7-13)20-19-17(12-30-21(19)27)25(22(28)24-20)11-18(26)23-15-4-3-5-16(10-15)29-2/h3-10,20H,11-12H2,1-2H3,(H,23,26)(H,24,28). The number of hydrogen-bond donors (Lipinski definition) is 2. The SMILES string of the molecule is COc1cccc(NC(=O)CN2C(=O)NC(c3ccc(C)cc3)C3=C2COC3=O)c1. The number of ether oxygens (including phenoxy) is 2. The van der Waals surface area contributed by atoms with Crippen LogP contribution >= 0.6 is 0 Å². The van der Waals surface area contributed by atoms with Crippen LogP contribution in [0.15, 0.2) is 59.8 Å². The molecule has 1 atom stereocenters. The largest absolute Gasteiger partial charge is 0.497 e. The molecule has 0 bridgehead atoms. The zero-order valence-corrected chi connectivity index (χ0v) is 16.6. The highest BCUT2D eigenvalue weighted by molar-refractivity contribution is 6.00. The van der Waals surface area contributed by atoms with Crippen molar-refractivity contribution in [3.05, 3.63) is 70.9 Å². The number of anilines is 1. The lowest BCUT2D eigenvalue weighted by atomic mass is 9.95. The summed E-state index contributed by atoms with van der Waals surface area (Å²) in [4.78, 5) is 39.0. The van der Waals surface area contributed by atoms with Crippen molar-refractivity contribution in [2.45, 2.75) is 13.0 Å². The molecule has 0 saturated carbocycles. The number of hydrogen-bond acceptors (Lipinski definition) is 5. The van der Waals surface area contributed by atoms with Crippen LogP contribution in [-0.4, -0.2) is 43.1 Å². The van der Waals surface area contributed by atoms with Gasteiger partial charge in [-0.2, -0.15) is 0 Å². The van der Waals surface area contributed by atoms with Gasteiger partial charge in [-0.05, 0) is 24.6 Å². The van der Waals surface area contributed by atoms with Gasteiger partial charge < -0.3 is 20.1 Å². The van der Waals surface area contributed by atoms with E-state index in [2.05, 4.69) is 10.6 Å². The summed E-state index contributed by atoms with van der Waals surface area (Å²) in [5.74, 6) is -0.295. The van der Waals surface area contributed by atoms with Gasteiger partial charge in [0.05, 0.1) is 24.4 Å². The lowest BCUT2D eigenvalue weighted by molar-refractivity contribution is -0.136. The number of aryl methyl sites for hydroxylation is 1. The molecule has 1 unspecified atom stereocenters. The summed E-state index contributed by atoms with van der Waals surface area (Å²) in [6.07, 6.45) is 0. The molecule has 0 aliphatic carbocycles. The maximum atomic E-state index is 12.8. The van der Waals surface area contributed by atoms with Gasteiger partial charge in [-0.25, -0.2) is 9.59 Å². The summed E-state index contributed by atoms with van der Waals surface area (Å²) in [6, 6.07) is 13.4. The molecule has 4 rings (SSSR count). The van der Waals surface area contributed by atoms with Gasteiger partial charge in [0, 0.05) is 11.8 Å². The van der Waals surface area contributed by atoms with E-state index in [1.165, 1.54) is 12.0 Å². The Kier molecular flexibility index (Phi) is 5.14. The van der Waals surface area contributed by atoms with Gasteiger partial charge in [-0.15, -0.1) is 0 Å². The monoisotopic (exact) mass is 407 g/mol. The molecule has 0 saturated heterocycles. The van der Waals surface area contributed by atoms with Gasteiger partial charge in [0.2, 0.25) is 5.91 Å². The fraction of sp³-hybridized carbons (Fsp3) is 0.227. The van der Waals surface area contributed by atoms with Crippen LogP contribution in [0.1, 0.15) is 17.2 Å². The molecule has 2 aromatic rings. The molecule has 0 aromatic heterocycles. The van der Waals surface area contributed by atoms with Crippen molar-refractivity contribution in [2.75, 3.05) is 25.6 Å². The fourth-order valence-corrected chi connectivity index (χ4v) is 3.53. The van der Waals surface area contributed by atoms with Crippen LogP contribution < -0.4 is 15.4 Å². The molecule has 2 aromatic carbocycles. The Morgan fingerprint density at radius 2 is 2.00 bits per heavy atom. The van der Waals surface area contributed by atoms with E-state index in [0.717, 1.165) is 11.1 Å². The van der Waals surface area contributed by atoms with Crippen molar-refractivity contribution >= 4 is 23.6 Å². The lowest BCUT2D eigenvalue weighted by Crippen LogP contribution is -2.49. The first kappa shape index (κ1) is 19.5. The van der Waals surface area contributed by atoms with Crippen molar-refractivity contribution in [1.29, 1.82) is 0 Å². The van der Waals surface area contributed by atoms with Crippen molar-refractivity contribution in [2.24, 2.45) is 0 Å². The summed E-state index contributed by atoms with van der Waals surface area (Å²) in [6.45, 7) is 1.66. The first-order chi connectivity index (χ1) is 14.5. The summed E-state index contributed by atoms with van der Waals surface area (Å²) in [7, 11) is 1.54. The van der Waals surface area contributed by atoms with Crippen molar-refractivity contribution in [1.82, 2.24) is 10.2 Å². The van der Waals surface area contributed by atoms with Crippen LogP contribution in [0, 0.1) is 6.92 Å². The first-order valence-electron chi connectivity index (χ1n) is 9.45. The average molecular weight is 407 g/mol. The summed E-state index contributed by atoms with van der Waals surface area (Å²) >= 11 is 0. The fourth-order valence-electron chi connectivity index (χ4n) is 3.53. The van der Waals surface area contributed by atoms with Crippen LogP contribution in [0.3, 0.4) is 0 Å². The third-order valence-corrected chi connectivity index (χ3v) is 5.06. The Hall–Kier alpha value is -3.81. The van der Waals surface area contributed by atoms with Crippen LogP contribution in [0.25, 0.3) is 0 Å². The lowest BCUT2D eigenvalue weighted by Gasteiger charge is -2.32. The van der Waals surface area contributed by atoms with E-state index >= 15 is 0 Å². The minimum Gasteiger partial charge on any atom is -0.497 e. The van der Waals surface area contributed by atoms with E-state index in [-0.39, 0.29) is 13.2 Å². The highest BCUT2D eigenvalue weighted by atomic mass is 16.5. The molecule has 2 aliphatic heterocycles. The number of carbonyl (C=O) groups excluding carboxylic acids is 3. The van der Waals surface area contributed by atoms with Gasteiger partial charge in [-0.3, -0.25) is 9.69 Å². The Balaban J connectivity index is 1.57. The van der Waals surface area contributed by atoms with E-state index in [4.69, 9.17) is 9.47 Å². The molecule has 0 fully saturated rings. The molecule has 30 heavy (non-hydrogen) atoms. The van der Waals surface area contributed by atoms with Gasteiger partial charge in [0.1, 0.15) is 18.9 Å². The molecule has 8 heteroatoms. The Morgan fingerprint density at radius 1 is 1.23 bits per heavy atom. The second kappa shape index (κ2) is 7.90. The number of esters is 1. The number of amides is 3. The van der Waals surface area contributed by atoms with Crippen molar-refractivity contribution in [3.8, 4) is 5.75 Å². The number of benzene rings is 2. The van der Waals surface area contributed by atoms with E-state index in [9.17, 15) is 14.4 Å². The molecule has 0 radical (unpaired) electrons. The zero-order valence-electron chi connectivity index (χ0n) is 16.6. The predicted octanol–water partition coefficient (Wildman–Crippen LogP) is 2.52. The molecule has 2 heterocycles. The number of methoxy groups -OCH3 is 1. The number of cyclic esters (lactones) is 1. The molecule has 0 spiro atoms. The van der Waals surface area contributed by atoms with Gasteiger partial charge in [0.25, 0.3) is 0 Å². The van der Waals surface area contributed by atoms with Crippen LogP contribution in [-0.2, 0) is 14.3 Å². The van der Waals surface area contributed by atoms with Gasteiger partial charge in [0.15, 0.2) is 0 Å². The third-order valence-electron chi connectivity index (χ3n) is 5.06. The minimum absolute atomic E-state index is 0.0453. The average Bonchev–Trinajstić information content (AvgIpc) is 3.12. The van der Waals surface area contributed by atoms with Gasteiger partial charge in [-0.1, -0.05) is 35.9 Å². The molecule has 8 nitrogen and oxygen atoms in total. The van der Waals surface area contributed by atoms with E-state index < -0.39 is 23.9 Å². The predicted molar refractivity (Wildman–Crippen MR) is 109 cm³/mol. The second-order valence-corrected chi connectivity index (χ2v) is 7.10. The zero-order chi connectivity index (χ0) is 21.3. The highest BCUT2D eigenvalue weighted by Gasteiger charge is 2.42. The molecular formula is C22H21N3O5. The summed E-state index contributed by atoms with van der Waals surface area (Å²) in [5, 5.41) is 5.56. The maximum Gasteiger partial charge on any atom is 0.338 e. The smallest absolute Gasteiger partial charge is 0.338 e. The van der Waals surface area contributed by atoms with Gasteiger partial charge >= 0.3 is 12.0 Å². The number of urea groups is 1. The second-order valence-electron chi connectivity index (χ2n) is 7.10. The quantitative estimate of drug-likeness (QED) is 0.743. The van der Waals surface area contributed by atoms with E-state index in [0.29, 0.717) is 22.7 Å². The summed E-state index contributed by atoms with van der Waals surface area (Å²) < 4.78 is 10.3. The molecule has 2 N–H and O–H groups in total. The number of nitrogens with zero attached hydrogens (tertiary/aromatic N) is 1. The first-order valence-corrected chi connectivity index (χ1v) is 9.45. The van der Waals surface area contributed by atoms with Crippen molar-refractivity contribution in [3.63, 3.8) is 0 Å². The minimum atomic E-state index is -0.610. The summed E-state index contributed by atoms with van der Waals surface area (Å²) in [5.41, 5.74) is 3.16. The topological polar surface area (TPSA) is 97.0 Å². The van der Waals surface area contributed by atoms with Crippen LogP contribution in [0.4, 0.5) is 10.5 Å². The molecule has 154 valence electrons. The van der Waals surface area contributed by atoms with E-state index in [1.54, 1.807) is 24.3 Å². The molecule has 3 amide bonds. The Morgan fingerprint density at radius 3 is 2.73 bits per heavy atom. The molecular weight excluding hydrogens is 386 g/mol. The number of carbonyl (C=O) groups is 3. The third kappa shape index (κ3) is 3.71. The number of rotatable bonds is 5. The normalized spacial score (nSPS) is 17.9. The Bertz CT molecular complexity index is 1040. The highest BCUT2D eigenvalue weighted by Crippen LogP contribution is 2.35. The maximum absolute atomic E-state index is 12.8. The number of nitrogens with one attached hydrogen (secondary N) is 2. The van der Waals surface area contributed by atoms with E-state index in [1.807, 2.05) is 31.2 Å². The van der Waals surface area contributed by atoms with Crippen LogP contribution in [0.5, 0.6) is 5.75 Å². The van der Waals surface area contributed by atoms with Crippen molar-refractivity contribution < 1.29 is 23.9 Å².